The van der Waals surface area contributed by atoms with Crippen molar-refractivity contribution in [2.75, 3.05) is 23.9 Å². The topological polar surface area (TPSA) is 32.3 Å². The molecule has 1 aromatic rings. The van der Waals surface area contributed by atoms with Crippen molar-refractivity contribution in [3.8, 4) is 0 Å². The Labute approximate surface area is 117 Å². The molecule has 0 atom stereocenters. The SMILES string of the molecule is Cc1cc(NC(=O)N(C)C2CCSCC2)ccc1F. The summed E-state index contributed by atoms with van der Waals surface area (Å²) in [4.78, 5) is 13.9. The molecule has 0 spiro atoms. The fourth-order valence-corrected chi connectivity index (χ4v) is 3.25. The number of hydrogen-bond acceptors (Lipinski definition) is 2. The molecule has 1 aromatic carbocycles. The Hall–Kier alpha value is -1.23. The molecule has 0 aromatic heterocycles. The third kappa shape index (κ3) is 3.62. The summed E-state index contributed by atoms with van der Waals surface area (Å²) in [5.74, 6) is 1.96. The number of anilines is 1. The predicted octanol–water partition coefficient (Wildman–Crippen LogP) is 3.49. The van der Waals surface area contributed by atoms with E-state index in [2.05, 4.69) is 5.32 Å². The maximum Gasteiger partial charge on any atom is 0.321 e. The van der Waals surface area contributed by atoms with Gasteiger partial charge in [0.15, 0.2) is 0 Å². The van der Waals surface area contributed by atoms with Crippen LogP contribution in [0, 0.1) is 12.7 Å². The van der Waals surface area contributed by atoms with Gasteiger partial charge in [0, 0.05) is 18.8 Å². The Morgan fingerprint density at radius 2 is 2.11 bits per heavy atom. The van der Waals surface area contributed by atoms with E-state index >= 15 is 0 Å². The number of benzene rings is 1. The number of hydrogen-bond donors (Lipinski definition) is 1. The molecule has 2 amide bonds. The Morgan fingerprint density at radius 3 is 2.74 bits per heavy atom. The smallest absolute Gasteiger partial charge is 0.321 e. The summed E-state index contributed by atoms with van der Waals surface area (Å²) in [5, 5.41) is 2.82. The lowest BCUT2D eigenvalue weighted by molar-refractivity contribution is 0.200. The zero-order chi connectivity index (χ0) is 13.8. The Bertz CT molecular complexity index is 461. The number of aryl methyl sites for hydroxylation is 1. The number of carbonyl (C=O) groups is 1. The van der Waals surface area contributed by atoms with E-state index in [-0.39, 0.29) is 11.8 Å². The largest absolute Gasteiger partial charge is 0.325 e. The summed E-state index contributed by atoms with van der Waals surface area (Å²) >= 11 is 1.94. The number of halogens is 1. The molecular weight excluding hydrogens is 263 g/mol. The molecule has 1 heterocycles. The first-order valence-corrected chi connectivity index (χ1v) is 7.61. The van der Waals surface area contributed by atoms with Crippen molar-refractivity contribution >= 4 is 23.5 Å². The van der Waals surface area contributed by atoms with Crippen LogP contribution in [0.25, 0.3) is 0 Å². The molecular formula is C14H19FN2OS. The van der Waals surface area contributed by atoms with Crippen molar-refractivity contribution in [2.45, 2.75) is 25.8 Å². The Kier molecular flexibility index (Phi) is 4.69. The van der Waals surface area contributed by atoms with Gasteiger partial charge < -0.3 is 10.2 Å². The molecule has 104 valence electrons. The average molecular weight is 282 g/mol. The second kappa shape index (κ2) is 6.28. The van der Waals surface area contributed by atoms with Crippen LogP contribution in [0.15, 0.2) is 18.2 Å². The number of amides is 2. The van der Waals surface area contributed by atoms with E-state index in [0.717, 1.165) is 24.3 Å². The van der Waals surface area contributed by atoms with E-state index in [9.17, 15) is 9.18 Å². The Morgan fingerprint density at radius 1 is 1.42 bits per heavy atom. The van der Waals surface area contributed by atoms with Gasteiger partial charge in [-0.05, 0) is 55.0 Å². The first-order valence-electron chi connectivity index (χ1n) is 6.45. The third-order valence-electron chi connectivity index (χ3n) is 3.47. The number of nitrogens with zero attached hydrogens (tertiary/aromatic N) is 1. The summed E-state index contributed by atoms with van der Waals surface area (Å²) in [7, 11) is 1.83. The molecule has 1 aliphatic heterocycles. The fourth-order valence-electron chi connectivity index (χ4n) is 2.17. The van der Waals surface area contributed by atoms with E-state index in [4.69, 9.17) is 0 Å². The molecule has 1 N–H and O–H groups in total. The summed E-state index contributed by atoms with van der Waals surface area (Å²) in [6.07, 6.45) is 2.08. The average Bonchev–Trinajstić information content (AvgIpc) is 2.43. The molecule has 3 nitrogen and oxygen atoms in total. The van der Waals surface area contributed by atoms with Gasteiger partial charge in [-0.2, -0.15) is 11.8 Å². The fraction of sp³-hybridized carbons (Fsp3) is 0.500. The highest BCUT2D eigenvalue weighted by Crippen LogP contribution is 2.21. The number of carbonyl (C=O) groups excluding carboxylic acids is 1. The highest BCUT2D eigenvalue weighted by atomic mass is 32.2. The van der Waals surface area contributed by atoms with Gasteiger partial charge in [0.25, 0.3) is 0 Å². The zero-order valence-corrected chi connectivity index (χ0v) is 12.1. The van der Waals surface area contributed by atoms with Gasteiger partial charge in [-0.1, -0.05) is 0 Å². The molecule has 0 unspecified atom stereocenters. The van der Waals surface area contributed by atoms with Crippen LogP contribution in [0.2, 0.25) is 0 Å². The van der Waals surface area contributed by atoms with Crippen LogP contribution in [0.4, 0.5) is 14.9 Å². The van der Waals surface area contributed by atoms with Gasteiger partial charge >= 0.3 is 6.03 Å². The van der Waals surface area contributed by atoms with E-state index in [1.807, 2.05) is 18.8 Å². The number of thioether (sulfide) groups is 1. The van der Waals surface area contributed by atoms with Crippen molar-refractivity contribution in [1.82, 2.24) is 4.90 Å². The molecule has 0 aliphatic carbocycles. The molecule has 2 rings (SSSR count). The number of urea groups is 1. The number of rotatable bonds is 2. The van der Waals surface area contributed by atoms with Crippen molar-refractivity contribution < 1.29 is 9.18 Å². The monoisotopic (exact) mass is 282 g/mol. The maximum absolute atomic E-state index is 13.2. The minimum Gasteiger partial charge on any atom is -0.325 e. The van der Waals surface area contributed by atoms with Crippen LogP contribution in [-0.4, -0.2) is 35.5 Å². The van der Waals surface area contributed by atoms with Crippen molar-refractivity contribution in [3.63, 3.8) is 0 Å². The predicted molar refractivity (Wildman–Crippen MR) is 78.3 cm³/mol. The normalized spacial score (nSPS) is 16.2. The second-order valence-corrected chi connectivity index (χ2v) is 6.07. The van der Waals surface area contributed by atoms with Gasteiger partial charge in [-0.3, -0.25) is 0 Å². The van der Waals surface area contributed by atoms with E-state index in [1.165, 1.54) is 6.07 Å². The standard InChI is InChI=1S/C14H19FN2OS/c1-10-9-11(3-4-13(10)15)16-14(18)17(2)12-5-7-19-8-6-12/h3-4,9,12H,5-8H2,1-2H3,(H,16,18). The van der Waals surface area contributed by atoms with Crippen LogP contribution >= 0.6 is 11.8 Å². The molecule has 0 saturated carbocycles. The molecule has 19 heavy (non-hydrogen) atoms. The van der Waals surface area contributed by atoms with E-state index < -0.39 is 0 Å². The Balaban J connectivity index is 1.97. The molecule has 1 saturated heterocycles. The lowest BCUT2D eigenvalue weighted by Crippen LogP contribution is -2.41. The first-order chi connectivity index (χ1) is 9.08. The maximum atomic E-state index is 13.2. The van der Waals surface area contributed by atoms with Crippen LogP contribution in [0.1, 0.15) is 18.4 Å². The van der Waals surface area contributed by atoms with Gasteiger partial charge in [-0.15, -0.1) is 0 Å². The quantitative estimate of drug-likeness (QED) is 0.900. The highest BCUT2D eigenvalue weighted by Gasteiger charge is 2.22. The second-order valence-electron chi connectivity index (χ2n) is 4.85. The minimum atomic E-state index is -0.254. The number of nitrogens with one attached hydrogen (secondary N) is 1. The van der Waals surface area contributed by atoms with Crippen LogP contribution < -0.4 is 5.32 Å². The minimum absolute atomic E-state index is 0.122. The van der Waals surface area contributed by atoms with Gasteiger partial charge in [0.2, 0.25) is 0 Å². The van der Waals surface area contributed by atoms with Crippen molar-refractivity contribution in [2.24, 2.45) is 0 Å². The zero-order valence-electron chi connectivity index (χ0n) is 11.3. The molecule has 1 aliphatic rings. The molecule has 0 radical (unpaired) electrons. The summed E-state index contributed by atoms with van der Waals surface area (Å²) in [6.45, 7) is 1.69. The summed E-state index contributed by atoms with van der Waals surface area (Å²) in [6, 6.07) is 4.80. The van der Waals surface area contributed by atoms with Gasteiger partial charge in [-0.25, -0.2) is 9.18 Å². The summed E-state index contributed by atoms with van der Waals surface area (Å²) in [5.41, 5.74) is 1.18. The molecule has 1 fully saturated rings. The third-order valence-corrected chi connectivity index (χ3v) is 4.52. The van der Waals surface area contributed by atoms with Crippen LogP contribution in [0.5, 0.6) is 0 Å². The highest BCUT2D eigenvalue weighted by molar-refractivity contribution is 7.99. The van der Waals surface area contributed by atoms with Gasteiger partial charge in [0.05, 0.1) is 0 Å². The lowest BCUT2D eigenvalue weighted by Gasteiger charge is -2.31. The lowest BCUT2D eigenvalue weighted by atomic mass is 10.1. The van der Waals surface area contributed by atoms with E-state index in [0.29, 0.717) is 17.3 Å². The molecule has 5 heteroatoms. The van der Waals surface area contributed by atoms with Gasteiger partial charge in [0.1, 0.15) is 5.82 Å². The summed E-state index contributed by atoms with van der Waals surface area (Å²) < 4.78 is 13.2. The van der Waals surface area contributed by atoms with Crippen LogP contribution in [0.3, 0.4) is 0 Å². The van der Waals surface area contributed by atoms with Crippen molar-refractivity contribution in [1.29, 1.82) is 0 Å². The van der Waals surface area contributed by atoms with E-state index in [1.54, 1.807) is 24.0 Å². The van der Waals surface area contributed by atoms with Crippen molar-refractivity contribution in [3.05, 3.63) is 29.6 Å². The first kappa shape index (κ1) is 14.2. The van der Waals surface area contributed by atoms with Crippen LogP contribution in [-0.2, 0) is 0 Å². The molecule has 0 bridgehead atoms.